The summed E-state index contributed by atoms with van der Waals surface area (Å²) in [4.78, 5) is 10.9. The minimum Gasteiger partial charge on any atom is -0.299 e. The number of hydrogen-bond acceptors (Lipinski definition) is 2. The second-order valence-electron chi connectivity index (χ2n) is 1.66. The van der Waals surface area contributed by atoms with Crippen LogP contribution in [0, 0.1) is 0 Å². The van der Waals surface area contributed by atoms with Gasteiger partial charge in [0, 0.05) is 10.3 Å². The highest BCUT2D eigenvalue weighted by Gasteiger charge is 1.90. The highest BCUT2D eigenvalue weighted by Crippen LogP contribution is 2.19. The average molecular weight is 173 g/mol. The van der Waals surface area contributed by atoms with Gasteiger partial charge in [0.2, 0.25) is 0 Å². The fourth-order valence-corrected chi connectivity index (χ4v) is 1.53. The molecule has 0 aliphatic carbocycles. The first kappa shape index (κ1) is 7.51. The zero-order chi connectivity index (χ0) is 7.40. The van der Waals surface area contributed by atoms with Gasteiger partial charge >= 0.3 is 0 Å². The summed E-state index contributed by atoms with van der Waals surface area (Å²) in [6, 6.07) is 1.81. The van der Waals surface area contributed by atoms with Crippen molar-refractivity contribution in [2.45, 2.75) is 0 Å². The van der Waals surface area contributed by atoms with Crippen molar-refractivity contribution in [3.8, 4) is 0 Å². The van der Waals surface area contributed by atoms with E-state index in [-0.39, 0.29) is 0 Å². The molecule has 0 aliphatic heterocycles. The van der Waals surface area contributed by atoms with Crippen molar-refractivity contribution < 1.29 is 4.79 Å². The molecule has 1 aromatic rings. The van der Waals surface area contributed by atoms with Gasteiger partial charge in [0.15, 0.2) is 0 Å². The summed E-state index contributed by atoms with van der Waals surface area (Å²) in [6.45, 7) is 0. The maximum absolute atomic E-state index is 9.87. The lowest BCUT2D eigenvalue weighted by Crippen LogP contribution is -1.58. The Morgan fingerprint density at radius 1 is 1.60 bits per heavy atom. The Morgan fingerprint density at radius 3 is 2.90 bits per heavy atom. The van der Waals surface area contributed by atoms with Crippen molar-refractivity contribution in [1.29, 1.82) is 0 Å². The summed E-state index contributed by atoms with van der Waals surface area (Å²) in [7, 11) is 0. The number of carbonyl (C=O) groups excluding carboxylic acids is 1. The molecule has 1 rings (SSSR count). The first-order valence-electron chi connectivity index (χ1n) is 2.69. The van der Waals surface area contributed by atoms with Crippen molar-refractivity contribution >= 4 is 35.3 Å². The second kappa shape index (κ2) is 3.54. The number of rotatable bonds is 2. The van der Waals surface area contributed by atoms with Gasteiger partial charge in [0.05, 0.1) is 5.02 Å². The van der Waals surface area contributed by atoms with E-state index in [1.807, 2.05) is 11.4 Å². The smallest absolute Gasteiger partial charge is 0.142 e. The number of halogens is 1. The number of aldehydes is 1. The van der Waals surface area contributed by atoms with E-state index in [0.29, 0.717) is 0 Å². The predicted octanol–water partition coefficient (Wildman–Crippen LogP) is 2.61. The minimum atomic E-state index is 0.718. The van der Waals surface area contributed by atoms with Crippen LogP contribution in [0.1, 0.15) is 4.88 Å². The van der Waals surface area contributed by atoms with Crippen LogP contribution in [0.3, 0.4) is 0 Å². The molecule has 1 heterocycles. The van der Waals surface area contributed by atoms with Crippen molar-refractivity contribution in [1.82, 2.24) is 0 Å². The molecule has 0 spiro atoms. The zero-order valence-corrected chi connectivity index (χ0v) is 6.65. The molecule has 1 nitrogen and oxygen atoms in total. The van der Waals surface area contributed by atoms with Crippen LogP contribution in [0.25, 0.3) is 6.08 Å². The summed E-state index contributed by atoms with van der Waals surface area (Å²) in [5.41, 5.74) is 0. The Bertz CT molecular complexity index is 252. The number of allylic oxidation sites excluding steroid dienone is 1. The first-order chi connectivity index (χ1) is 4.83. The highest BCUT2D eigenvalue weighted by atomic mass is 35.5. The van der Waals surface area contributed by atoms with Crippen molar-refractivity contribution in [2.24, 2.45) is 0 Å². The average Bonchev–Trinajstić information content (AvgIpc) is 2.31. The van der Waals surface area contributed by atoms with Gasteiger partial charge in [0.1, 0.15) is 6.29 Å². The molecule has 0 aliphatic rings. The molecule has 0 atom stereocenters. The largest absolute Gasteiger partial charge is 0.299 e. The molecule has 0 aromatic carbocycles. The molecule has 1 aromatic heterocycles. The molecule has 0 amide bonds. The summed E-state index contributed by atoms with van der Waals surface area (Å²) in [5.74, 6) is 0. The van der Waals surface area contributed by atoms with Crippen molar-refractivity contribution in [2.75, 3.05) is 0 Å². The van der Waals surface area contributed by atoms with Crippen LogP contribution < -0.4 is 0 Å². The lowest BCUT2D eigenvalue weighted by atomic mass is 10.4. The standard InChI is InChI=1S/C7H5ClOS/c8-6-4-7(10-5-6)2-1-3-9/h1-5H/b2-1+. The van der Waals surface area contributed by atoms with Crippen LogP contribution in [0.5, 0.6) is 0 Å². The number of hydrogen-bond donors (Lipinski definition) is 0. The molecule has 0 bridgehead atoms. The molecular weight excluding hydrogens is 168 g/mol. The van der Waals surface area contributed by atoms with Crippen LogP contribution in [0.4, 0.5) is 0 Å². The normalized spacial score (nSPS) is 10.5. The molecule has 0 unspecified atom stereocenters. The fourth-order valence-electron chi connectivity index (χ4n) is 0.550. The topological polar surface area (TPSA) is 17.1 Å². The quantitative estimate of drug-likeness (QED) is 0.495. The molecule has 0 saturated heterocycles. The maximum Gasteiger partial charge on any atom is 0.142 e. The van der Waals surface area contributed by atoms with Gasteiger partial charge in [-0.2, -0.15) is 0 Å². The van der Waals surface area contributed by atoms with E-state index in [2.05, 4.69) is 0 Å². The summed E-state index contributed by atoms with van der Waals surface area (Å²) in [6.07, 6.45) is 3.92. The van der Waals surface area contributed by atoms with E-state index >= 15 is 0 Å². The molecule has 0 radical (unpaired) electrons. The van der Waals surface area contributed by atoms with E-state index in [1.165, 1.54) is 17.4 Å². The van der Waals surface area contributed by atoms with E-state index < -0.39 is 0 Å². The molecule has 10 heavy (non-hydrogen) atoms. The van der Waals surface area contributed by atoms with Crippen LogP contribution in [0.15, 0.2) is 17.5 Å². The van der Waals surface area contributed by atoms with Crippen molar-refractivity contribution in [3.05, 3.63) is 27.4 Å². The molecule has 52 valence electrons. The van der Waals surface area contributed by atoms with Gasteiger partial charge < -0.3 is 0 Å². The Balaban J connectivity index is 2.75. The molecule has 0 N–H and O–H groups in total. The Hall–Kier alpha value is -0.600. The van der Waals surface area contributed by atoms with E-state index in [4.69, 9.17) is 11.6 Å². The molecule has 0 saturated carbocycles. The Kier molecular flexibility index (Phi) is 2.66. The van der Waals surface area contributed by atoms with Crippen molar-refractivity contribution in [3.63, 3.8) is 0 Å². The number of thiophene rings is 1. The van der Waals surface area contributed by atoms with Crippen LogP contribution in [0.2, 0.25) is 5.02 Å². The maximum atomic E-state index is 9.87. The third-order valence-electron chi connectivity index (χ3n) is 0.927. The Labute approximate surface area is 67.9 Å². The van der Waals surface area contributed by atoms with Crippen LogP contribution >= 0.6 is 22.9 Å². The highest BCUT2D eigenvalue weighted by molar-refractivity contribution is 7.11. The molecule has 3 heteroatoms. The SMILES string of the molecule is O=C/C=C/c1cc(Cl)cs1. The lowest BCUT2D eigenvalue weighted by molar-refractivity contribution is -0.104. The Morgan fingerprint density at radius 2 is 2.40 bits per heavy atom. The van der Waals surface area contributed by atoms with Crippen LogP contribution in [-0.4, -0.2) is 6.29 Å². The predicted molar refractivity (Wildman–Crippen MR) is 44.4 cm³/mol. The van der Waals surface area contributed by atoms with E-state index in [1.54, 1.807) is 6.08 Å². The summed E-state index contributed by atoms with van der Waals surface area (Å²) < 4.78 is 0. The third-order valence-corrected chi connectivity index (χ3v) is 2.17. The third kappa shape index (κ3) is 1.97. The first-order valence-corrected chi connectivity index (χ1v) is 3.94. The molecule has 0 fully saturated rings. The van der Waals surface area contributed by atoms with Crippen LogP contribution in [-0.2, 0) is 4.79 Å². The van der Waals surface area contributed by atoms with Gasteiger partial charge in [-0.1, -0.05) is 11.6 Å². The van der Waals surface area contributed by atoms with Gasteiger partial charge in [-0.25, -0.2) is 0 Å². The minimum absolute atomic E-state index is 0.718. The lowest BCUT2D eigenvalue weighted by Gasteiger charge is -1.75. The van der Waals surface area contributed by atoms with Gasteiger partial charge in [-0.3, -0.25) is 4.79 Å². The number of carbonyl (C=O) groups is 1. The van der Waals surface area contributed by atoms with Gasteiger partial charge in [0.25, 0.3) is 0 Å². The van der Waals surface area contributed by atoms with Gasteiger partial charge in [-0.05, 0) is 18.2 Å². The van der Waals surface area contributed by atoms with E-state index in [0.717, 1.165) is 16.2 Å². The summed E-state index contributed by atoms with van der Waals surface area (Å²) >= 11 is 7.14. The monoisotopic (exact) mass is 172 g/mol. The molecular formula is C7H5ClOS. The van der Waals surface area contributed by atoms with Gasteiger partial charge in [-0.15, -0.1) is 11.3 Å². The summed E-state index contributed by atoms with van der Waals surface area (Å²) in [5, 5.41) is 2.54. The second-order valence-corrected chi connectivity index (χ2v) is 3.04. The fraction of sp³-hybridized carbons (Fsp3) is 0. The zero-order valence-electron chi connectivity index (χ0n) is 5.08. The van der Waals surface area contributed by atoms with E-state index in [9.17, 15) is 4.79 Å².